The average Bonchev–Trinajstić information content (AvgIpc) is 2.59. The van der Waals surface area contributed by atoms with Crippen LogP contribution in [0.1, 0.15) is 39.7 Å². The lowest BCUT2D eigenvalue weighted by Gasteiger charge is -2.36. The molecular formula is C21H29NO4. The lowest BCUT2D eigenvalue weighted by Crippen LogP contribution is -2.47. The van der Waals surface area contributed by atoms with Crippen LogP contribution in [-0.2, 0) is 20.9 Å². The Balaban J connectivity index is 1.97. The fourth-order valence-electron chi connectivity index (χ4n) is 3.04. The average molecular weight is 359 g/mol. The van der Waals surface area contributed by atoms with Crippen molar-refractivity contribution in [2.75, 3.05) is 13.1 Å². The number of rotatable bonds is 4. The van der Waals surface area contributed by atoms with Crippen molar-refractivity contribution in [3.8, 4) is 0 Å². The van der Waals surface area contributed by atoms with E-state index in [0.29, 0.717) is 19.5 Å². The molecule has 0 saturated carbocycles. The lowest BCUT2D eigenvalue weighted by atomic mass is 9.85. The fraction of sp³-hybridized carbons (Fsp3) is 0.524. The Morgan fingerprint density at radius 2 is 1.92 bits per heavy atom. The van der Waals surface area contributed by atoms with Gasteiger partial charge in [-0.3, -0.25) is 4.79 Å². The maximum atomic E-state index is 12.6. The second-order valence-electron chi connectivity index (χ2n) is 7.60. The summed E-state index contributed by atoms with van der Waals surface area (Å²) in [5.41, 5.74) is 0.438. The highest BCUT2D eigenvalue weighted by molar-refractivity contribution is 5.74. The smallest absolute Gasteiger partial charge is 0.410 e. The first-order valence-corrected chi connectivity index (χ1v) is 9.11. The highest BCUT2D eigenvalue weighted by Crippen LogP contribution is 2.27. The number of amides is 1. The maximum Gasteiger partial charge on any atom is 0.410 e. The molecule has 0 bridgehead atoms. The number of carbonyl (C=O) groups is 2. The van der Waals surface area contributed by atoms with Crippen molar-refractivity contribution in [2.45, 2.75) is 46.3 Å². The van der Waals surface area contributed by atoms with Crippen LogP contribution >= 0.6 is 0 Å². The second kappa shape index (κ2) is 8.88. The van der Waals surface area contributed by atoms with E-state index >= 15 is 0 Å². The van der Waals surface area contributed by atoms with E-state index in [-0.39, 0.29) is 30.5 Å². The summed E-state index contributed by atoms with van der Waals surface area (Å²) in [6.45, 7) is 8.69. The Labute approximate surface area is 156 Å². The molecule has 1 aromatic carbocycles. The molecule has 2 atom stereocenters. The fourth-order valence-corrected chi connectivity index (χ4v) is 3.04. The van der Waals surface area contributed by atoms with E-state index in [9.17, 15) is 9.59 Å². The van der Waals surface area contributed by atoms with Gasteiger partial charge in [0.1, 0.15) is 12.2 Å². The van der Waals surface area contributed by atoms with Crippen molar-refractivity contribution in [3.05, 3.63) is 48.0 Å². The first-order chi connectivity index (χ1) is 12.3. The van der Waals surface area contributed by atoms with Gasteiger partial charge in [-0.25, -0.2) is 4.79 Å². The zero-order chi connectivity index (χ0) is 19.2. The second-order valence-corrected chi connectivity index (χ2v) is 7.60. The standard InChI is InChI=1S/C21H29NO4/c1-5-9-17-14-22(20(24)26-21(2,3)4)13-12-18(17)19(23)25-15-16-10-7-6-8-11-16/h5-11,17-18H,12-15H2,1-4H3/b9-5+/t17?,18-/m0/s1. The summed E-state index contributed by atoms with van der Waals surface area (Å²) >= 11 is 0. The first kappa shape index (κ1) is 20.0. The molecule has 0 spiro atoms. The molecule has 26 heavy (non-hydrogen) atoms. The Kier molecular flexibility index (Phi) is 6.83. The number of nitrogens with zero attached hydrogens (tertiary/aromatic N) is 1. The number of esters is 1. The van der Waals surface area contributed by atoms with Crippen molar-refractivity contribution in [1.82, 2.24) is 4.90 Å². The van der Waals surface area contributed by atoms with Gasteiger partial charge in [0.2, 0.25) is 0 Å². The molecule has 5 heteroatoms. The highest BCUT2D eigenvalue weighted by Gasteiger charge is 2.36. The van der Waals surface area contributed by atoms with Crippen molar-refractivity contribution in [1.29, 1.82) is 0 Å². The Bertz CT molecular complexity index is 633. The van der Waals surface area contributed by atoms with Crippen LogP contribution in [-0.4, -0.2) is 35.7 Å². The Morgan fingerprint density at radius 3 is 2.54 bits per heavy atom. The van der Waals surface area contributed by atoms with Crippen LogP contribution in [0, 0.1) is 11.8 Å². The highest BCUT2D eigenvalue weighted by atomic mass is 16.6. The molecule has 1 aliphatic heterocycles. The van der Waals surface area contributed by atoms with Gasteiger partial charge in [0.05, 0.1) is 5.92 Å². The summed E-state index contributed by atoms with van der Waals surface area (Å²) in [4.78, 5) is 26.6. The van der Waals surface area contributed by atoms with Crippen molar-refractivity contribution >= 4 is 12.1 Å². The molecule has 1 aromatic rings. The predicted molar refractivity (Wildman–Crippen MR) is 100 cm³/mol. The molecule has 142 valence electrons. The van der Waals surface area contributed by atoms with Gasteiger partial charge in [-0.05, 0) is 39.7 Å². The van der Waals surface area contributed by atoms with E-state index in [1.54, 1.807) is 4.90 Å². The topological polar surface area (TPSA) is 55.8 Å². The molecule has 0 aliphatic carbocycles. The van der Waals surface area contributed by atoms with E-state index in [1.807, 2.05) is 70.2 Å². The van der Waals surface area contributed by atoms with Gasteiger partial charge in [-0.2, -0.15) is 0 Å². The number of hydrogen-bond acceptors (Lipinski definition) is 4. The zero-order valence-corrected chi connectivity index (χ0v) is 16.1. The Hall–Kier alpha value is -2.30. The summed E-state index contributed by atoms with van der Waals surface area (Å²) in [7, 11) is 0. The quantitative estimate of drug-likeness (QED) is 0.598. The summed E-state index contributed by atoms with van der Waals surface area (Å²) in [6, 6.07) is 9.64. The zero-order valence-electron chi connectivity index (χ0n) is 16.1. The van der Waals surface area contributed by atoms with Gasteiger partial charge in [0.25, 0.3) is 0 Å². The molecule has 0 aromatic heterocycles. The molecule has 1 saturated heterocycles. The predicted octanol–water partition coefficient (Wildman–Crippen LogP) is 4.18. The minimum atomic E-state index is -0.529. The largest absolute Gasteiger partial charge is 0.461 e. The van der Waals surface area contributed by atoms with Gasteiger partial charge >= 0.3 is 12.1 Å². The van der Waals surface area contributed by atoms with Crippen LogP contribution in [0.2, 0.25) is 0 Å². The van der Waals surface area contributed by atoms with Crippen molar-refractivity contribution in [3.63, 3.8) is 0 Å². The number of allylic oxidation sites excluding steroid dienone is 1. The SMILES string of the molecule is C/C=C/C1CN(C(=O)OC(C)(C)C)CC[C@@H]1C(=O)OCc1ccccc1. The minimum Gasteiger partial charge on any atom is -0.461 e. The molecule has 1 fully saturated rings. The van der Waals surface area contributed by atoms with Gasteiger partial charge < -0.3 is 14.4 Å². The number of likely N-dealkylation sites (tertiary alicyclic amines) is 1. The van der Waals surface area contributed by atoms with E-state index in [0.717, 1.165) is 5.56 Å². The van der Waals surface area contributed by atoms with Crippen LogP contribution in [0.25, 0.3) is 0 Å². The summed E-state index contributed by atoms with van der Waals surface area (Å²) < 4.78 is 11.0. The number of hydrogen-bond donors (Lipinski definition) is 0. The van der Waals surface area contributed by atoms with Crippen LogP contribution in [0.15, 0.2) is 42.5 Å². The maximum absolute atomic E-state index is 12.6. The number of benzene rings is 1. The van der Waals surface area contributed by atoms with E-state index in [4.69, 9.17) is 9.47 Å². The lowest BCUT2D eigenvalue weighted by molar-refractivity contribution is -0.153. The van der Waals surface area contributed by atoms with Crippen molar-refractivity contribution < 1.29 is 19.1 Å². The number of ether oxygens (including phenoxy) is 2. The van der Waals surface area contributed by atoms with Gasteiger partial charge in [0, 0.05) is 19.0 Å². The molecule has 1 aliphatic rings. The third kappa shape index (κ3) is 5.90. The summed E-state index contributed by atoms with van der Waals surface area (Å²) in [6.07, 6.45) is 4.14. The van der Waals surface area contributed by atoms with Crippen LogP contribution < -0.4 is 0 Å². The minimum absolute atomic E-state index is 0.0652. The third-order valence-electron chi connectivity index (χ3n) is 4.28. The summed E-state index contributed by atoms with van der Waals surface area (Å²) in [5, 5.41) is 0. The monoisotopic (exact) mass is 359 g/mol. The van der Waals surface area contributed by atoms with Gasteiger partial charge in [0.15, 0.2) is 0 Å². The normalized spacial score (nSPS) is 20.8. The van der Waals surface area contributed by atoms with Gasteiger partial charge in [-0.1, -0.05) is 42.5 Å². The van der Waals surface area contributed by atoms with Crippen LogP contribution in [0.5, 0.6) is 0 Å². The third-order valence-corrected chi connectivity index (χ3v) is 4.28. The molecule has 0 radical (unpaired) electrons. The Morgan fingerprint density at radius 1 is 1.23 bits per heavy atom. The van der Waals surface area contributed by atoms with Crippen molar-refractivity contribution in [2.24, 2.45) is 11.8 Å². The molecule has 2 rings (SSSR count). The molecule has 1 amide bonds. The van der Waals surface area contributed by atoms with E-state index in [2.05, 4.69) is 0 Å². The van der Waals surface area contributed by atoms with Crippen LogP contribution in [0.3, 0.4) is 0 Å². The first-order valence-electron chi connectivity index (χ1n) is 9.11. The molecule has 1 unspecified atom stereocenters. The van der Waals surface area contributed by atoms with E-state index in [1.165, 1.54) is 0 Å². The van der Waals surface area contributed by atoms with Crippen LogP contribution in [0.4, 0.5) is 4.79 Å². The van der Waals surface area contributed by atoms with E-state index < -0.39 is 5.60 Å². The number of piperidine rings is 1. The molecule has 0 N–H and O–H groups in total. The molecule has 5 nitrogen and oxygen atoms in total. The number of carbonyl (C=O) groups excluding carboxylic acids is 2. The molecule has 1 heterocycles. The van der Waals surface area contributed by atoms with Gasteiger partial charge in [-0.15, -0.1) is 0 Å². The summed E-state index contributed by atoms with van der Waals surface area (Å²) in [5.74, 6) is -0.515. The molecular weight excluding hydrogens is 330 g/mol.